The van der Waals surface area contributed by atoms with Crippen molar-refractivity contribution in [2.24, 2.45) is 5.41 Å². The summed E-state index contributed by atoms with van der Waals surface area (Å²) in [4.78, 5) is 27.7. The lowest BCUT2D eigenvalue weighted by Gasteiger charge is -2.35. The molecule has 2 aromatic carbocycles. The second kappa shape index (κ2) is 7.32. The zero-order valence-corrected chi connectivity index (χ0v) is 15.7. The van der Waals surface area contributed by atoms with Crippen molar-refractivity contribution in [1.29, 1.82) is 0 Å². The summed E-state index contributed by atoms with van der Waals surface area (Å²) >= 11 is 0. The molecule has 4 heteroatoms. The third-order valence-corrected chi connectivity index (χ3v) is 5.03. The van der Waals surface area contributed by atoms with Gasteiger partial charge in [-0.05, 0) is 50.8 Å². The van der Waals surface area contributed by atoms with Crippen molar-refractivity contribution in [3.8, 4) is 0 Å². The van der Waals surface area contributed by atoms with E-state index in [1.165, 1.54) is 11.1 Å². The molecule has 1 heterocycles. The van der Waals surface area contributed by atoms with E-state index in [2.05, 4.69) is 11.4 Å². The number of nitrogens with one attached hydrogen (secondary N) is 1. The number of hydrogen-bond donors (Lipinski definition) is 1. The van der Waals surface area contributed by atoms with Crippen molar-refractivity contribution >= 4 is 17.5 Å². The van der Waals surface area contributed by atoms with E-state index in [1.54, 1.807) is 18.7 Å². The maximum Gasteiger partial charge on any atom is 0.242 e. The fourth-order valence-corrected chi connectivity index (χ4v) is 3.29. The summed E-state index contributed by atoms with van der Waals surface area (Å²) in [6.07, 6.45) is 1.89. The molecule has 0 unspecified atom stereocenters. The molecule has 1 aliphatic heterocycles. The van der Waals surface area contributed by atoms with Crippen LogP contribution in [0.15, 0.2) is 48.5 Å². The Morgan fingerprint density at radius 1 is 1.08 bits per heavy atom. The van der Waals surface area contributed by atoms with Crippen LogP contribution in [0, 0.1) is 12.3 Å². The third-order valence-electron chi connectivity index (χ3n) is 5.03. The zero-order valence-electron chi connectivity index (χ0n) is 15.7. The lowest BCUT2D eigenvalue weighted by Crippen LogP contribution is -2.50. The summed E-state index contributed by atoms with van der Waals surface area (Å²) in [6.45, 7) is 6.52. The highest BCUT2D eigenvalue weighted by Gasteiger charge is 2.40. The van der Waals surface area contributed by atoms with Gasteiger partial charge in [0.15, 0.2) is 0 Å². The summed E-state index contributed by atoms with van der Waals surface area (Å²) in [7, 11) is 0. The van der Waals surface area contributed by atoms with Crippen LogP contribution in [0.25, 0.3) is 0 Å². The molecule has 136 valence electrons. The van der Waals surface area contributed by atoms with Gasteiger partial charge in [-0.3, -0.25) is 9.59 Å². The van der Waals surface area contributed by atoms with Crippen molar-refractivity contribution in [2.45, 2.75) is 40.2 Å². The van der Waals surface area contributed by atoms with E-state index in [1.807, 2.05) is 49.4 Å². The largest absolute Gasteiger partial charge is 0.351 e. The molecule has 0 bridgehead atoms. The van der Waals surface area contributed by atoms with Crippen LogP contribution in [-0.2, 0) is 22.6 Å². The maximum atomic E-state index is 13.1. The minimum atomic E-state index is -1.12. The van der Waals surface area contributed by atoms with E-state index in [4.69, 9.17) is 0 Å². The Bertz CT molecular complexity index is 809. The van der Waals surface area contributed by atoms with Crippen LogP contribution < -0.4 is 10.2 Å². The normalized spacial score (nSPS) is 13.9. The number of carbonyl (C=O) groups excluding carboxylic acids is 2. The second-order valence-electron chi connectivity index (χ2n) is 7.48. The fraction of sp³-hybridized carbons (Fsp3) is 0.364. The Morgan fingerprint density at radius 2 is 1.77 bits per heavy atom. The van der Waals surface area contributed by atoms with Gasteiger partial charge in [0.2, 0.25) is 11.8 Å². The van der Waals surface area contributed by atoms with Crippen LogP contribution in [-0.4, -0.2) is 18.4 Å². The predicted molar refractivity (Wildman–Crippen MR) is 104 cm³/mol. The van der Waals surface area contributed by atoms with Gasteiger partial charge in [-0.1, -0.05) is 48.0 Å². The molecule has 0 fully saturated rings. The van der Waals surface area contributed by atoms with Crippen molar-refractivity contribution in [3.63, 3.8) is 0 Å². The molecule has 0 spiro atoms. The number of benzene rings is 2. The van der Waals surface area contributed by atoms with Gasteiger partial charge in [-0.15, -0.1) is 0 Å². The van der Waals surface area contributed by atoms with E-state index >= 15 is 0 Å². The molecule has 2 aromatic rings. The van der Waals surface area contributed by atoms with E-state index < -0.39 is 5.41 Å². The molecular formula is C22H26N2O2. The number of nitrogens with zero attached hydrogens (tertiary/aromatic N) is 1. The SMILES string of the molecule is Cc1ccc(CNC(=O)C(C)(C)C(=O)N2CCCc3ccccc32)cc1. The third kappa shape index (κ3) is 3.64. The lowest BCUT2D eigenvalue weighted by molar-refractivity contribution is -0.140. The number of amides is 2. The van der Waals surface area contributed by atoms with E-state index in [9.17, 15) is 9.59 Å². The average molecular weight is 350 g/mol. The van der Waals surface area contributed by atoms with Crippen molar-refractivity contribution in [2.75, 3.05) is 11.4 Å². The highest BCUT2D eigenvalue weighted by atomic mass is 16.2. The van der Waals surface area contributed by atoms with Gasteiger partial charge in [0.25, 0.3) is 0 Å². The van der Waals surface area contributed by atoms with Gasteiger partial charge in [0.1, 0.15) is 5.41 Å². The monoisotopic (exact) mass is 350 g/mol. The zero-order chi connectivity index (χ0) is 18.7. The van der Waals surface area contributed by atoms with E-state index in [0.29, 0.717) is 13.1 Å². The maximum absolute atomic E-state index is 13.1. The Labute approximate surface area is 155 Å². The lowest BCUT2D eigenvalue weighted by atomic mass is 9.88. The van der Waals surface area contributed by atoms with Crippen LogP contribution in [0.5, 0.6) is 0 Å². The highest BCUT2D eigenvalue weighted by Crippen LogP contribution is 2.31. The minimum Gasteiger partial charge on any atom is -0.351 e. The molecule has 26 heavy (non-hydrogen) atoms. The summed E-state index contributed by atoms with van der Waals surface area (Å²) in [6, 6.07) is 16.0. The van der Waals surface area contributed by atoms with Crippen LogP contribution in [0.3, 0.4) is 0 Å². The van der Waals surface area contributed by atoms with Gasteiger partial charge in [0.05, 0.1) is 0 Å². The van der Waals surface area contributed by atoms with Crippen LogP contribution in [0.4, 0.5) is 5.69 Å². The van der Waals surface area contributed by atoms with Gasteiger partial charge >= 0.3 is 0 Å². The number of aryl methyl sites for hydroxylation is 2. The molecule has 0 saturated carbocycles. The number of fused-ring (bicyclic) bond motifs is 1. The number of anilines is 1. The molecule has 1 N–H and O–H groups in total. The van der Waals surface area contributed by atoms with Gasteiger partial charge < -0.3 is 10.2 Å². The van der Waals surface area contributed by atoms with Crippen LogP contribution in [0.2, 0.25) is 0 Å². The summed E-state index contributed by atoms with van der Waals surface area (Å²) < 4.78 is 0. The van der Waals surface area contributed by atoms with Crippen molar-refractivity contribution < 1.29 is 9.59 Å². The van der Waals surface area contributed by atoms with Gasteiger partial charge in [0, 0.05) is 18.8 Å². The molecular weight excluding hydrogens is 324 g/mol. The molecule has 2 amide bonds. The fourth-order valence-electron chi connectivity index (χ4n) is 3.29. The number of hydrogen-bond acceptors (Lipinski definition) is 2. The Kier molecular flexibility index (Phi) is 5.12. The van der Waals surface area contributed by atoms with E-state index in [0.717, 1.165) is 24.1 Å². The van der Waals surface area contributed by atoms with E-state index in [-0.39, 0.29) is 11.8 Å². The predicted octanol–water partition coefficient (Wildman–Crippen LogP) is 3.62. The topological polar surface area (TPSA) is 49.4 Å². The molecule has 0 atom stereocenters. The summed E-state index contributed by atoms with van der Waals surface area (Å²) in [5.74, 6) is -0.391. The molecule has 0 aliphatic carbocycles. The highest BCUT2D eigenvalue weighted by molar-refractivity contribution is 6.11. The molecule has 1 aliphatic rings. The van der Waals surface area contributed by atoms with Crippen molar-refractivity contribution in [3.05, 3.63) is 65.2 Å². The minimum absolute atomic E-state index is 0.147. The van der Waals surface area contributed by atoms with Crippen LogP contribution in [0.1, 0.15) is 37.0 Å². The summed E-state index contributed by atoms with van der Waals surface area (Å²) in [5.41, 5.74) is 3.19. The van der Waals surface area contributed by atoms with Crippen LogP contribution >= 0.6 is 0 Å². The average Bonchev–Trinajstić information content (AvgIpc) is 2.66. The quantitative estimate of drug-likeness (QED) is 0.856. The van der Waals surface area contributed by atoms with Crippen molar-refractivity contribution in [1.82, 2.24) is 5.32 Å². The Hall–Kier alpha value is -2.62. The van der Waals surface area contributed by atoms with Gasteiger partial charge in [-0.25, -0.2) is 0 Å². The first-order valence-electron chi connectivity index (χ1n) is 9.13. The first-order chi connectivity index (χ1) is 12.4. The molecule has 0 radical (unpaired) electrons. The second-order valence-corrected chi connectivity index (χ2v) is 7.48. The van der Waals surface area contributed by atoms with Gasteiger partial charge in [-0.2, -0.15) is 0 Å². The Morgan fingerprint density at radius 3 is 2.50 bits per heavy atom. The number of carbonyl (C=O) groups is 2. The molecule has 4 nitrogen and oxygen atoms in total. The molecule has 0 saturated heterocycles. The number of para-hydroxylation sites is 1. The number of rotatable bonds is 4. The Balaban J connectivity index is 1.71. The molecule has 3 rings (SSSR count). The molecule has 0 aromatic heterocycles. The standard InChI is InChI=1S/C22H26N2O2/c1-16-10-12-17(13-11-16)15-23-20(25)22(2,3)21(26)24-14-6-8-18-7-4-5-9-19(18)24/h4-5,7,9-13H,6,8,14-15H2,1-3H3,(H,23,25). The first-order valence-corrected chi connectivity index (χ1v) is 9.13. The summed E-state index contributed by atoms with van der Waals surface area (Å²) in [5, 5.41) is 2.92. The smallest absolute Gasteiger partial charge is 0.242 e. The first kappa shape index (κ1) is 18.2.